The van der Waals surface area contributed by atoms with Crippen LogP contribution in [0.1, 0.15) is 6.42 Å². The first-order chi connectivity index (χ1) is 6.20. The van der Waals surface area contributed by atoms with E-state index in [2.05, 4.69) is 5.32 Å². The van der Waals surface area contributed by atoms with Gasteiger partial charge in [0.15, 0.2) is 0 Å². The third-order valence-electron chi connectivity index (χ3n) is 2.19. The van der Waals surface area contributed by atoms with Crippen molar-refractivity contribution in [2.45, 2.75) is 12.5 Å². The van der Waals surface area contributed by atoms with Crippen molar-refractivity contribution in [3.05, 3.63) is 0 Å². The standard InChI is InChI=1S/C8H17N3O2/c9-7(8(10)12)4-11-3-6-1-2-13-5-6/h6-7,11H,1-5,9H2,(H2,10,12). The zero-order chi connectivity index (χ0) is 9.68. The van der Waals surface area contributed by atoms with Crippen molar-refractivity contribution < 1.29 is 9.53 Å². The molecule has 0 spiro atoms. The monoisotopic (exact) mass is 187 g/mol. The quantitative estimate of drug-likeness (QED) is 0.485. The van der Waals surface area contributed by atoms with Gasteiger partial charge in [0.1, 0.15) is 0 Å². The average Bonchev–Trinajstić information content (AvgIpc) is 2.56. The molecular formula is C8H17N3O2. The maximum atomic E-state index is 10.6. The summed E-state index contributed by atoms with van der Waals surface area (Å²) in [6, 6.07) is -0.581. The molecule has 1 aliphatic rings. The minimum absolute atomic E-state index is 0.450. The maximum Gasteiger partial charge on any atom is 0.235 e. The van der Waals surface area contributed by atoms with Crippen molar-refractivity contribution in [3.63, 3.8) is 0 Å². The second-order valence-electron chi connectivity index (χ2n) is 3.40. The number of carbonyl (C=O) groups is 1. The molecule has 1 fully saturated rings. The van der Waals surface area contributed by atoms with Gasteiger partial charge in [-0.1, -0.05) is 0 Å². The van der Waals surface area contributed by atoms with E-state index < -0.39 is 11.9 Å². The number of nitrogens with one attached hydrogen (secondary N) is 1. The Bertz CT molecular complexity index is 169. The summed E-state index contributed by atoms with van der Waals surface area (Å²) in [7, 11) is 0. The van der Waals surface area contributed by atoms with Crippen molar-refractivity contribution in [1.82, 2.24) is 5.32 Å². The number of ether oxygens (including phenoxy) is 1. The summed E-state index contributed by atoms with van der Waals surface area (Å²) in [5.41, 5.74) is 10.4. The van der Waals surface area contributed by atoms with Crippen LogP contribution in [-0.4, -0.2) is 38.3 Å². The highest BCUT2D eigenvalue weighted by Gasteiger charge is 2.15. The Morgan fingerprint density at radius 3 is 3.00 bits per heavy atom. The summed E-state index contributed by atoms with van der Waals surface area (Å²) in [5.74, 6) is 0.0928. The van der Waals surface area contributed by atoms with E-state index in [9.17, 15) is 4.79 Å². The lowest BCUT2D eigenvalue weighted by Crippen LogP contribution is -2.45. The van der Waals surface area contributed by atoms with Crippen LogP contribution in [0.2, 0.25) is 0 Å². The van der Waals surface area contributed by atoms with E-state index in [0.717, 1.165) is 26.2 Å². The first kappa shape index (κ1) is 10.4. The minimum Gasteiger partial charge on any atom is -0.381 e. The van der Waals surface area contributed by atoms with Gasteiger partial charge in [-0.05, 0) is 12.3 Å². The van der Waals surface area contributed by atoms with E-state index in [4.69, 9.17) is 16.2 Å². The van der Waals surface area contributed by atoms with Gasteiger partial charge in [-0.2, -0.15) is 0 Å². The van der Waals surface area contributed by atoms with E-state index in [1.807, 2.05) is 0 Å². The molecule has 5 N–H and O–H groups in total. The molecule has 0 aromatic heterocycles. The van der Waals surface area contributed by atoms with Gasteiger partial charge in [-0.3, -0.25) is 4.79 Å². The van der Waals surface area contributed by atoms with Gasteiger partial charge >= 0.3 is 0 Å². The molecule has 1 amide bonds. The molecule has 1 heterocycles. The number of hydrogen-bond acceptors (Lipinski definition) is 4. The molecule has 5 heteroatoms. The number of amides is 1. The zero-order valence-electron chi connectivity index (χ0n) is 7.66. The molecule has 76 valence electrons. The molecule has 0 aromatic carbocycles. The van der Waals surface area contributed by atoms with Crippen LogP contribution >= 0.6 is 0 Å². The molecule has 0 aliphatic carbocycles. The van der Waals surface area contributed by atoms with Gasteiger partial charge in [-0.25, -0.2) is 0 Å². The normalized spacial score (nSPS) is 24.5. The largest absolute Gasteiger partial charge is 0.381 e. The van der Waals surface area contributed by atoms with Gasteiger partial charge in [-0.15, -0.1) is 0 Å². The summed E-state index contributed by atoms with van der Waals surface area (Å²) in [5, 5.41) is 3.10. The average molecular weight is 187 g/mol. The first-order valence-corrected chi connectivity index (χ1v) is 4.53. The summed E-state index contributed by atoms with van der Waals surface area (Å²) in [6.45, 7) is 2.94. The van der Waals surface area contributed by atoms with E-state index in [0.29, 0.717) is 12.5 Å². The molecule has 0 radical (unpaired) electrons. The zero-order valence-corrected chi connectivity index (χ0v) is 7.66. The Morgan fingerprint density at radius 2 is 2.46 bits per heavy atom. The summed E-state index contributed by atoms with van der Waals surface area (Å²) in [6.07, 6.45) is 1.08. The fourth-order valence-corrected chi connectivity index (χ4v) is 1.29. The second-order valence-corrected chi connectivity index (χ2v) is 3.40. The molecule has 13 heavy (non-hydrogen) atoms. The maximum absolute atomic E-state index is 10.6. The highest BCUT2D eigenvalue weighted by atomic mass is 16.5. The highest BCUT2D eigenvalue weighted by molar-refractivity contribution is 5.79. The molecule has 5 nitrogen and oxygen atoms in total. The summed E-state index contributed by atoms with van der Waals surface area (Å²) >= 11 is 0. The number of rotatable bonds is 5. The Morgan fingerprint density at radius 1 is 1.69 bits per heavy atom. The summed E-state index contributed by atoms with van der Waals surface area (Å²) in [4.78, 5) is 10.6. The smallest absolute Gasteiger partial charge is 0.235 e. The van der Waals surface area contributed by atoms with Crippen LogP contribution in [0.25, 0.3) is 0 Å². The van der Waals surface area contributed by atoms with Gasteiger partial charge < -0.3 is 21.5 Å². The SMILES string of the molecule is NC(=O)C(N)CNCC1CCOC1. The number of hydrogen-bond donors (Lipinski definition) is 3. The number of carbonyl (C=O) groups excluding carboxylic acids is 1. The second kappa shape index (κ2) is 5.16. The lowest BCUT2D eigenvalue weighted by atomic mass is 10.1. The molecule has 1 aliphatic heterocycles. The van der Waals surface area contributed by atoms with Gasteiger partial charge in [0.2, 0.25) is 5.91 Å². The molecule has 0 bridgehead atoms. The van der Waals surface area contributed by atoms with Crippen LogP contribution in [0.4, 0.5) is 0 Å². The van der Waals surface area contributed by atoms with Crippen molar-refractivity contribution >= 4 is 5.91 Å². The van der Waals surface area contributed by atoms with Gasteiger partial charge in [0.25, 0.3) is 0 Å². The fraction of sp³-hybridized carbons (Fsp3) is 0.875. The van der Waals surface area contributed by atoms with Crippen LogP contribution < -0.4 is 16.8 Å². The number of primary amides is 1. The lowest BCUT2D eigenvalue weighted by molar-refractivity contribution is -0.119. The van der Waals surface area contributed by atoms with Crippen LogP contribution in [0.5, 0.6) is 0 Å². The van der Waals surface area contributed by atoms with Crippen LogP contribution in [0.3, 0.4) is 0 Å². The summed E-state index contributed by atoms with van der Waals surface area (Å²) < 4.78 is 5.20. The van der Waals surface area contributed by atoms with Crippen LogP contribution in [-0.2, 0) is 9.53 Å². The predicted octanol–water partition coefficient (Wildman–Crippen LogP) is -1.57. The van der Waals surface area contributed by atoms with Crippen LogP contribution in [0.15, 0.2) is 0 Å². The molecule has 1 rings (SSSR count). The molecule has 0 aromatic rings. The van der Waals surface area contributed by atoms with Gasteiger partial charge in [0.05, 0.1) is 12.6 Å². The molecule has 1 saturated heterocycles. The Hall–Kier alpha value is -0.650. The number of nitrogens with two attached hydrogens (primary N) is 2. The van der Waals surface area contributed by atoms with E-state index in [1.54, 1.807) is 0 Å². The van der Waals surface area contributed by atoms with Crippen molar-refractivity contribution in [1.29, 1.82) is 0 Å². The van der Waals surface area contributed by atoms with Gasteiger partial charge in [0, 0.05) is 19.7 Å². The third kappa shape index (κ3) is 3.71. The fourth-order valence-electron chi connectivity index (χ4n) is 1.29. The van der Waals surface area contributed by atoms with Crippen LogP contribution in [0, 0.1) is 5.92 Å². The van der Waals surface area contributed by atoms with Crippen molar-refractivity contribution in [3.8, 4) is 0 Å². The Balaban J connectivity index is 2.02. The van der Waals surface area contributed by atoms with E-state index in [-0.39, 0.29) is 0 Å². The molecular weight excluding hydrogens is 170 g/mol. The predicted molar refractivity (Wildman–Crippen MR) is 49.0 cm³/mol. The lowest BCUT2D eigenvalue weighted by Gasteiger charge is -2.11. The molecule has 2 atom stereocenters. The molecule has 2 unspecified atom stereocenters. The van der Waals surface area contributed by atoms with Crippen molar-refractivity contribution in [2.75, 3.05) is 26.3 Å². The topological polar surface area (TPSA) is 90.4 Å². The van der Waals surface area contributed by atoms with E-state index in [1.165, 1.54) is 0 Å². The Kier molecular flexibility index (Phi) is 4.14. The van der Waals surface area contributed by atoms with E-state index >= 15 is 0 Å². The Labute approximate surface area is 77.8 Å². The minimum atomic E-state index is -0.581. The highest BCUT2D eigenvalue weighted by Crippen LogP contribution is 2.10. The first-order valence-electron chi connectivity index (χ1n) is 4.53. The molecule has 0 saturated carbocycles. The third-order valence-corrected chi connectivity index (χ3v) is 2.19. The van der Waals surface area contributed by atoms with Crippen molar-refractivity contribution in [2.24, 2.45) is 17.4 Å².